The molecule has 176 valence electrons. The second-order valence-electron chi connectivity index (χ2n) is 7.32. The van der Waals surface area contributed by atoms with E-state index in [1.807, 2.05) is 0 Å². The van der Waals surface area contributed by atoms with Crippen LogP contribution in [0.15, 0.2) is 12.2 Å². The van der Waals surface area contributed by atoms with Crippen molar-refractivity contribution in [2.75, 3.05) is 65.6 Å². The molecule has 2 rings (SSSR count). The molecule has 0 radical (unpaired) electrons. The topological polar surface area (TPSA) is 134 Å². The summed E-state index contributed by atoms with van der Waals surface area (Å²) in [6.45, 7) is 5.08. The van der Waals surface area contributed by atoms with Crippen molar-refractivity contribution in [2.45, 2.75) is 13.8 Å². The van der Waals surface area contributed by atoms with Crippen LogP contribution in [0, 0.1) is 0 Å². The predicted molar refractivity (Wildman–Crippen MR) is 109 cm³/mol. The fraction of sp³-hybridized carbons (Fsp3) is 0.600. The monoisotopic (exact) mass is 452 g/mol. The average Bonchev–Trinajstić information content (AvgIpc) is 2.79. The SMILES string of the molecule is CC(=O)N1CCN(C(=O)COC(=O)/C=C/C(=O)OCC(=O)N2CCN(C(C)=O)CC2)CC1. The van der Waals surface area contributed by atoms with E-state index in [1.165, 1.54) is 23.6 Å². The molecule has 12 heteroatoms. The van der Waals surface area contributed by atoms with Crippen LogP contribution in [0.25, 0.3) is 0 Å². The van der Waals surface area contributed by atoms with Gasteiger partial charge in [0.1, 0.15) is 0 Å². The summed E-state index contributed by atoms with van der Waals surface area (Å²) in [7, 11) is 0. The molecule has 0 aromatic carbocycles. The minimum Gasteiger partial charge on any atom is -0.452 e. The summed E-state index contributed by atoms with van der Waals surface area (Å²) in [6.07, 6.45) is 1.64. The quantitative estimate of drug-likeness (QED) is 0.334. The summed E-state index contributed by atoms with van der Waals surface area (Å²) in [4.78, 5) is 76.4. The lowest BCUT2D eigenvalue weighted by atomic mass is 10.3. The number of piperazine rings is 2. The Morgan fingerprint density at radius 2 is 0.844 bits per heavy atom. The summed E-state index contributed by atoms with van der Waals surface area (Å²) >= 11 is 0. The highest BCUT2D eigenvalue weighted by Gasteiger charge is 2.24. The number of hydrogen-bond donors (Lipinski definition) is 0. The Morgan fingerprint density at radius 1 is 0.562 bits per heavy atom. The number of carbonyl (C=O) groups is 6. The van der Waals surface area contributed by atoms with Gasteiger partial charge in [0.05, 0.1) is 0 Å². The Morgan fingerprint density at radius 3 is 1.12 bits per heavy atom. The summed E-state index contributed by atoms with van der Waals surface area (Å²) in [6, 6.07) is 0. The molecule has 0 atom stereocenters. The van der Waals surface area contributed by atoms with E-state index in [1.54, 1.807) is 9.80 Å². The van der Waals surface area contributed by atoms with Gasteiger partial charge in [-0.25, -0.2) is 9.59 Å². The Bertz CT molecular complexity index is 716. The highest BCUT2D eigenvalue weighted by Crippen LogP contribution is 2.04. The minimum atomic E-state index is -0.899. The van der Waals surface area contributed by atoms with Crippen LogP contribution in [0.4, 0.5) is 0 Å². The van der Waals surface area contributed by atoms with Gasteiger partial charge in [-0.1, -0.05) is 0 Å². The molecule has 12 nitrogen and oxygen atoms in total. The van der Waals surface area contributed by atoms with Gasteiger partial charge in [0.2, 0.25) is 11.8 Å². The molecule has 32 heavy (non-hydrogen) atoms. The Hall–Kier alpha value is -3.44. The molecule has 0 aromatic heterocycles. The molecule has 0 bridgehead atoms. The van der Waals surface area contributed by atoms with Gasteiger partial charge in [-0.2, -0.15) is 0 Å². The highest BCUT2D eigenvalue weighted by molar-refractivity contribution is 5.93. The van der Waals surface area contributed by atoms with Gasteiger partial charge in [0.15, 0.2) is 13.2 Å². The summed E-state index contributed by atoms with van der Waals surface area (Å²) in [5.74, 6) is -2.70. The predicted octanol–water partition coefficient (Wildman–Crippen LogP) is -1.99. The fourth-order valence-electron chi connectivity index (χ4n) is 3.22. The van der Waals surface area contributed by atoms with Crippen molar-refractivity contribution in [2.24, 2.45) is 0 Å². The van der Waals surface area contributed by atoms with E-state index in [0.717, 1.165) is 12.2 Å². The molecule has 0 spiro atoms. The molecule has 0 saturated carbocycles. The van der Waals surface area contributed by atoms with Crippen LogP contribution in [-0.2, 0) is 38.2 Å². The van der Waals surface area contributed by atoms with Gasteiger partial charge in [-0.05, 0) is 0 Å². The Kier molecular flexibility index (Phi) is 9.17. The minimum absolute atomic E-state index is 0.0576. The first-order valence-corrected chi connectivity index (χ1v) is 10.3. The van der Waals surface area contributed by atoms with Crippen molar-refractivity contribution in [1.29, 1.82) is 0 Å². The zero-order valence-electron chi connectivity index (χ0n) is 18.3. The van der Waals surface area contributed by atoms with E-state index in [0.29, 0.717) is 52.4 Å². The van der Waals surface area contributed by atoms with E-state index >= 15 is 0 Å². The van der Waals surface area contributed by atoms with Crippen LogP contribution in [-0.4, -0.2) is 121 Å². The summed E-state index contributed by atoms with van der Waals surface area (Å²) in [5, 5.41) is 0. The van der Waals surface area contributed by atoms with Crippen molar-refractivity contribution in [3.63, 3.8) is 0 Å². The van der Waals surface area contributed by atoms with Crippen LogP contribution >= 0.6 is 0 Å². The third-order valence-electron chi connectivity index (χ3n) is 5.19. The Labute approximate surface area is 185 Å². The number of rotatable bonds is 6. The lowest BCUT2D eigenvalue weighted by molar-refractivity contribution is -0.150. The highest BCUT2D eigenvalue weighted by atomic mass is 16.5. The molecule has 2 heterocycles. The summed E-state index contributed by atoms with van der Waals surface area (Å²) < 4.78 is 9.64. The third-order valence-corrected chi connectivity index (χ3v) is 5.19. The lowest BCUT2D eigenvalue weighted by Gasteiger charge is -2.34. The number of esters is 2. The standard InChI is InChI=1S/C20H28N4O8/c1-15(25)21-5-9-23(10-6-21)17(27)13-31-19(29)3-4-20(30)32-14-18(28)24-11-7-22(8-12-24)16(2)26/h3-4H,5-14H2,1-2H3/b4-3+. The molecule has 0 N–H and O–H groups in total. The van der Waals surface area contributed by atoms with Crippen LogP contribution < -0.4 is 0 Å². The van der Waals surface area contributed by atoms with Gasteiger partial charge in [0, 0.05) is 78.4 Å². The van der Waals surface area contributed by atoms with Crippen LogP contribution in [0.3, 0.4) is 0 Å². The van der Waals surface area contributed by atoms with E-state index in [2.05, 4.69) is 0 Å². The Balaban J connectivity index is 1.63. The number of hydrogen-bond acceptors (Lipinski definition) is 8. The van der Waals surface area contributed by atoms with Gasteiger partial charge in [-0.3, -0.25) is 19.2 Å². The smallest absolute Gasteiger partial charge is 0.331 e. The van der Waals surface area contributed by atoms with Crippen molar-refractivity contribution >= 4 is 35.6 Å². The number of ether oxygens (including phenoxy) is 2. The molecule has 0 unspecified atom stereocenters. The van der Waals surface area contributed by atoms with E-state index in [9.17, 15) is 28.8 Å². The molecular weight excluding hydrogens is 424 g/mol. The second-order valence-corrected chi connectivity index (χ2v) is 7.32. The molecule has 2 aliphatic rings. The number of amides is 4. The van der Waals surface area contributed by atoms with E-state index in [4.69, 9.17) is 9.47 Å². The van der Waals surface area contributed by atoms with E-state index < -0.39 is 37.0 Å². The van der Waals surface area contributed by atoms with Crippen molar-refractivity contribution in [3.05, 3.63) is 12.2 Å². The summed E-state index contributed by atoms with van der Waals surface area (Å²) in [5.41, 5.74) is 0. The molecule has 0 aromatic rings. The number of nitrogens with zero attached hydrogens (tertiary/aromatic N) is 4. The first-order valence-electron chi connectivity index (χ1n) is 10.3. The van der Waals surface area contributed by atoms with Crippen LogP contribution in [0.2, 0.25) is 0 Å². The zero-order chi connectivity index (χ0) is 23.7. The van der Waals surface area contributed by atoms with Gasteiger partial charge < -0.3 is 29.1 Å². The normalized spacial score (nSPS) is 16.7. The second kappa shape index (κ2) is 11.8. The number of carbonyl (C=O) groups excluding carboxylic acids is 6. The van der Waals surface area contributed by atoms with Crippen molar-refractivity contribution in [3.8, 4) is 0 Å². The maximum absolute atomic E-state index is 12.1. The first-order chi connectivity index (χ1) is 15.2. The maximum Gasteiger partial charge on any atom is 0.331 e. The average molecular weight is 452 g/mol. The fourth-order valence-corrected chi connectivity index (χ4v) is 3.22. The third kappa shape index (κ3) is 7.67. The maximum atomic E-state index is 12.1. The first kappa shape index (κ1) is 24.8. The molecule has 4 amide bonds. The molecule has 2 saturated heterocycles. The largest absolute Gasteiger partial charge is 0.452 e. The molecule has 0 aliphatic carbocycles. The van der Waals surface area contributed by atoms with Crippen LogP contribution in [0.5, 0.6) is 0 Å². The lowest BCUT2D eigenvalue weighted by Crippen LogP contribution is -2.51. The zero-order valence-corrected chi connectivity index (χ0v) is 18.3. The van der Waals surface area contributed by atoms with Crippen molar-refractivity contribution < 1.29 is 38.2 Å². The van der Waals surface area contributed by atoms with Gasteiger partial charge >= 0.3 is 11.9 Å². The van der Waals surface area contributed by atoms with E-state index in [-0.39, 0.29) is 11.8 Å². The molecular formula is C20H28N4O8. The van der Waals surface area contributed by atoms with Crippen LogP contribution in [0.1, 0.15) is 13.8 Å². The molecule has 2 fully saturated rings. The van der Waals surface area contributed by atoms with Crippen molar-refractivity contribution in [1.82, 2.24) is 19.6 Å². The molecule has 2 aliphatic heterocycles. The van der Waals surface area contributed by atoms with Gasteiger partial charge in [0.25, 0.3) is 11.8 Å². The van der Waals surface area contributed by atoms with Gasteiger partial charge in [-0.15, -0.1) is 0 Å².